The first kappa shape index (κ1) is 38.5. The molecule has 46 heavy (non-hydrogen) atoms. The van der Waals surface area contributed by atoms with Crippen molar-refractivity contribution in [2.75, 3.05) is 52.5 Å². The van der Waals surface area contributed by atoms with Crippen LogP contribution in [0.5, 0.6) is 0 Å². The van der Waals surface area contributed by atoms with E-state index in [2.05, 4.69) is 33.0 Å². The van der Waals surface area contributed by atoms with Gasteiger partial charge in [-0.2, -0.15) is 0 Å². The topological polar surface area (TPSA) is 118 Å². The first-order valence-electron chi connectivity index (χ1n) is 20.0. The van der Waals surface area contributed by atoms with Gasteiger partial charge < -0.3 is 36.7 Å². The summed E-state index contributed by atoms with van der Waals surface area (Å²) in [5, 5.41) is 3.74. The molecule has 4 saturated carbocycles. The van der Waals surface area contributed by atoms with Gasteiger partial charge in [-0.3, -0.25) is 0 Å². The largest absolute Gasteiger partial charge is 0.378 e. The van der Waals surface area contributed by atoms with Crippen molar-refractivity contribution in [1.29, 1.82) is 0 Å². The SMILES string of the molecule is CCCCCCNCCC[C@@H](C)[C@H]1CC[C@H]2[C@@H]3[C@H](OCCCN)C[C@@H]4C[C@H](OCCCN)CC[C@]4(C)[C@H]3C[C@H](OCCCN)[C@]12C. The quantitative estimate of drug-likeness (QED) is 0.0971. The van der Waals surface area contributed by atoms with Crippen LogP contribution in [0.3, 0.4) is 0 Å². The number of hydrogen-bond acceptors (Lipinski definition) is 7. The molecule has 7 N–H and O–H groups in total. The van der Waals surface area contributed by atoms with Crippen LogP contribution in [0.4, 0.5) is 0 Å². The van der Waals surface area contributed by atoms with Crippen molar-refractivity contribution in [1.82, 2.24) is 5.32 Å². The molecule has 0 unspecified atom stereocenters. The number of nitrogens with one attached hydrogen (secondary N) is 1. The van der Waals surface area contributed by atoms with E-state index in [9.17, 15) is 0 Å². The van der Waals surface area contributed by atoms with Crippen LogP contribution in [-0.4, -0.2) is 70.9 Å². The van der Waals surface area contributed by atoms with E-state index in [1.807, 2.05) is 0 Å². The fourth-order valence-electron chi connectivity index (χ4n) is 11.1. The molecule has 0 radical (unpaired) electrons. The van der Waals surface area contributed by atoms with Gasteiger partial charge in [0.25, 0.3) is 0 Å². The average Bonchev–Trinajstić information content (AvgIpc) is 3.41. The van der Waals surface area contributed by atoms with Crippen molar-refractivity contribution in [3.8, 4) is 0 Å². The molecule has 7 heteroatoms. The lowest BCUT2D eigenvalue weighted by Crippen LogP contribution is -2.63. The van der Waals surface area contributed by atoms with Gasteiger partial charge in [0.1, 0.15) is 0 Å². The Balaban J connectivity index is 1.52. The van der Waals surface area contributed by atoms with Crippen molar-refractivity contribution < 1.29 is 14.2 Å². The Morgan fingerprint density at radius 3 is 2.15 bits per heavy atom. The summed E-state index contributed by atoms with van der Waals surface area (Å²) in [6.07, 6.45) is 20.3. The molecule has 11 atom stereocenters. The van der Waals surface area contributed by atoms with Crippen LogP contribution >= 0.6 is 0 Å². The van der Waals surface area contributed by atoms with E-state index in [1.54, 1.807) is 0 Å². The van der Waals surface area contributed by atoms with Gasteiger partial charge in [-0.05, 0) is 157 Å². The molecule has 0 spiro atoms. The van der Waals surface area contributed by atoms with Gasteiger partial charge in [0.2, 0.25) is 0 Å². The lowest BCUT2D eigenvalue weighted by Gasteiger charge is -2.65. The zero-order valence-electron chi connectivity index (χ0n) is 30.6. The maximum Gasteiger partial charge on any atom is 0.0637 e. The molecule has 0 saturated heterocycles. The van der Waals surface area contributed by atoms with E-state index in [0.29, 0.717) is 78.9 Å². The highest BCUT2D eigenvalue weighted by atomic mass is 16.5. The van der Waals surface area contributed by atoms with Crippen molar-refractivity contribution in [3.05, 3.63) is 0 Å². The number of fused-ring (bicyclic) bond motifs is 5. The Bertz CT molecular complexity index is 848. The minimum Gasteiger partial charge on any atom is -0.378 e. The predicted octanol–water partition coefficient (Wildman–Crippen LogP) is 6.65. The van der Waals surface area contributed by atoms with E-state index in [1.165, 1.54) is 83.6 Å². The van der Waals surface area contributed by atoms with E-state index >= 15 is 0 Å². The summed E-state index contributed by atoms with van der Waals surface area (Å²) in [5.74, 6) is 3.93. The highest BCUT2D eigenvalue weighted by Crippen LogP contribution is 2.69. The van der Waals surface area contributed by atoms with E-state index in [4.69, 9.17) is 31.4 Å². The summed E-state index contributed by atoms with van der Waals surface area (Å²) >= 11 is 0. The molecule has 0 amide bonds. The van der Waals surface area contributed by atoms with E-state index in [0.717, 1.165) is 52.0 Å². The number of rotatable bonds is 22. The van der Waals surface area contributed by atoms with Crippen molar-refractivity contribution in [3.63, 3.8) is 0 Å². The van der Waals surface area contributed by atoms with Crippen LogP contribution in [-0.2, 0) is 14.2 Å². The van der Waals surface area contributed by atoms with Crippen molar-refractivity contribution in [2.45, 2.75) is 149 Å². The molecule has 0 bridgehead atoms. The minimum atomic E-state index is 0.184. The van der Waals surface area contributed by atoms with Crippen LogP contribution in [0, 0.1) is 46.3 Å². The second-order valence-corrected chi connectivity index (χ2v) is 16.4. The second-order valence-electron chi connectivity index (χ2n) is 16.4. The molecule has 0 heterocycles. The van der Waals surface area contributed by atoms with E-state index in [-0.39, 0.29) is 5.41 Å². The summed E-state index contributed by atoms with van der Waals surface area (Å²) in [6, 6.07) is 0. The smallest absolute Gasteiger partial charge is 0.0637 e. The fourth-order valence-corrected chi connectivity index (χ4v) is 11.1. The van der Waals surface area contributed by atoms with Gasteiger partial charge in [-0.15, -0.1) is 0 Å². The van der Waals surface area contributed by atoms with Gasteiger partial charge in [-0.25, -0.2) is 0 Å². The fraction of sp³-hybridized carbons (Fsp3) is 1.00. The summed E-state index contributed by atoms with van der Waals surface area (Å²) in [4.78, 5) is 0. The highest BCUT2D eigenvalue weighted by molar-refractivity contribution is 5.15. The van der Waals surface area contributed by atoms with Crippen LogP contribution in [0.2, 0.25) is 0 Å². The van der Waals surface area contributed by atoms with Crippen LogP contribution in [0.25, 0.3) is 0 Å². The molecule has 0 aromatic rings. The normalized spacial score (nSPS) is 37.9. The van der Waals surface area contributed by atoms with Gasteiger partial charge in [0.15, 0.2) is 0 Å². The monoisotopic (exact) mass is 649 g/mol. The Labute approximate surface area is 283 Å². The first-order chi connectivity index (χ1) is 22.3. The second kappa shape index (κ2) is 19.2. The van der Waals surface area contributed by atoms with Gasteiger partial charge >= 0.3 is 0 Å². The van der Waals surface area contributed by atoms with E-state index < -0.39 is 0 Å². The summed E-state index contributed by atoms with van der Waals surface area (Å²) in [7, 11) is 0. The maximum absolute atomic E-state index is 7.02. The molecule has 4 aliphatic rings. The zero-order valence-corrected chi connectivity index (χ0v) is 30.6. The van der Waals surface area contributed by atoms with Gasteiger partial charge in [0, 0.05) is 25.2 Å². The maximum atomic E-state index is 7.02. The average molecular weight is 649 g/mol. The summed E-state index contributed by atoms with van der Waals surface area (Å²) in [6.45, 7) is 16.9. The Kier molecular flexibility index (Phi) is 16.1. The molecule has 0 aliphatic heterocycles. The lowest BCUT2D eigenvalue weighted by atomic mass is 9.43. The lowest BCUT2D eigenvalue weighted by molar-refractivity contribution is -0.227. The van der Waals surface area contributed by atoms with Gasteiger partial charge in [0.05, 0.1) is 18.3 Å². The third-order valence-electron chi connectivity index (χ3n) is 13.7. The number of unbranched alkanes of at least 4 members (excludes halogenated alkanes) is 3. The van der Waals surface area contributed by atoms with Crippen molar-refractivity contribution in [2.24, 2.45) is 63.5 Å². The van der Waals surface area contributed by atoms with Crippen LogP contribution < -0.4 is 22.5 Å². The minimum absolute atomic E-state index is 0.184. The number of nitrogens with two attached hydrogens (primary N) is 3. The highest BCUT2D eigenvalue weighted by Gasteiger charge is 2.66. The molecular formula is C39H76N4O3. The molecule has 7 nitrogen and oxygen atoms in total. The molecular weight excluding hydrogens is 572 g/mol. The standard InChI is InChI=1S/C39H76N4O3/c1-5-6-7-8-21-43-22-9-13-29(2)32-14-15-33-37-34(28-36(39(32,33)4)46-25-12-20-42)38(3)17-16-31(44-23-10-18-40)26-30(38)27-35(37)45-24-11-19-41/h29-37,43H,5-28,40-42H2,1-4H3/t29-,30+,31-,32-,33+,34+,35-,36+,37+,38+,39-/m1/s1. The first-order valence-corrected chi connectivity index (χ1v) is 20.0. The predicted molar refractivity (Wildman–Crippen MR) is 192 cm³/mol. The molecule has 0 aromatic carbocycles. The third kappa shape index (κ3) is 9.08. The Morgan fingerprint density at radius 2 is 1.43 bits per heavy atom. The number of hydrogen-bond donors (Lipinski definition) is 4. The Hall–Kier alpha value is -0.280. The molecule has 4 aliphatic carbocycles. The number of ether oxygens (including phenoxy) is 3. The van der Waals surface area contributed by atoms with Gasteiger partial charge in [-0.1, -0.05) is 47.0 Å². The summed E-state index contributed by atoms with van der Waals surface area (Å²) in [5.41, 5.74) is 18.2. The third-order valence-corrected chi connectivity index (χ3v) is 13.7. The van der Waals surface area contributed by atoms with Crippen LogP contribution in [0.15, 0.2) is 0 Å². The molecule has 4 fully saturated rings. The summed E-state index contributed by atoms with van der Waals surface area (Å²) < 4.78 is 20.3. The Morgan fingerprint density at radius 1 is 0.739 bits per heavy atom. The van der Waals surface area contributed by atoms with Crippen LogP contribution in [0.1, 0.15) is 130 Å². The molecule has 4 rings (SSSR count). The zero-order chi connectivity index (χ0) is 33.0. The van der Waals surface area contributed by atoms with Crippen molar-refractivity contribution >= 4 is 0 Å². The molecule has 0 aromatic heterocycles. The molecule has 270 valence electrons.